The van der Waals surface area contributed by atoms with E-state index in [1.165, 1.54) is 0 Å². The smallest absolute Gasteiger partial charge is 0.296 e. The van der Waals surface area contributed by atoms with E-state index in [9.17, 15) is 4.79 Å². The number of nitrogens with two attached hydrogens (primary N) is 1. The van der Waals surface area contributed by atoms with E-state index in [4.69, 9.17) is 5.73 Å². The van der Waals surface area contributed by atoms with Crippen LogP contribution in [0.15, 0.2) is 0 Å². The summed E-state index contributed by atoms with van der Waals surface area (Å²) in [5.74, 6) is 4.69. The third-order valence-corrected chi connectivity index (χ3v) is 1.22. The van der Waals surface area contributed by atoms with Crippen molar-refractivity contribution in [2.24, 2.45) is 5.73 Å². The normalized spacial score (nSPS) is 11.2. The van der Waals surface area contributed by atoms with Crippen LogP contribution < -0.4 is 11.1 Å². The maximum atomic E-state index is 10.8. The maximum absolute atomic E-state index is 10.8. The Morgan fingerprint density at radius 3 is 2.82 bits per heavy atom. The van der Waals surface area contributed by atoms with Crippen molar-refractivity contribution in [3.05, 3.63) is 0 Å². The number of carbonyl (C=O) groups is 1. The summed E-state index contributed by atoms with van der Waals surface area (Å²) in [6.45, 7) is 4.12. The van der Waals surface area contributed by atoms with E-state index in [0.717, 1.165) is 6.42 Å². The van der Waals surface area contributed by atoms with Crippen LogP contribution in [-0.4, -0.2) is 18.5 Å². The van der Waals surface area contributed by atoms with Crippen LogP contribution in [0.2, 0.25) is 0 Å². The molecule has 3 nitrogen and oxygen atoms in total. The Kier molecular flexibility index (Phi) is 5.22. The van der Waals surface area contributed by atoms with Gasteiger partial charge in [0.2, 0.25) is 0 Å². The van der Waals surface area contributed by atoms with Gasteiger partial charge in [-0.15, -0.1) is 0 Å². The fraction of sp³-hybridized carbons (Fsp3) is 0.625. The van der Waals surface area contributed by atoms with Gasteiger partial charge in [0.1, 0.15) is 0 Å². The Labute approximate surface area is 67.3 Å². The lowest BCUT2D eigenvalue weighted by Gasteiger charge is -2.08. The first-order chi connectivity index (χ1) is 5.20. The molecule has 0 aromatic rings. The summed E-state index contributed by atoms with van der Waals surface area (Å²) in [6, 6.07) is 0.119. The predicted molar refractivity (Wildman–Crippen MR) is 44.7 cm³/mol. The zero-order valence-electron chi connectivity index (χ0n) is 6.98. The van der Waals surface area contributed by atoms with Gasteiger partial charge in [-0.2, -0.15) is 0 Å². The molecule has 0 bridgehead atoms. The molecular weight excluding hydrogens is 140 g/mol. The van der Waals surface area contributed by atoms with Crippen LogP contribution in [0, 0.1) is 11.8 Å². The molecule has 1 unspecified atom stereocenters. The fourth-order valence-electron chi connectivity index (χ4n) is 0.696. The Morgan fingerprint density at radius 2 is 2.36 bits per heavy atom. The van der Waals surface area contributed by atoms with Crippen molar-refractivity contribution >= 4 is 5.91 Å². The molecule has 0 aliphatic heterocycles. The van der Waals surface area contributed by atoms with Crippen molar-refractivity contribution in [3.8, 4) is 11.8 Å². The minimum atomic E-state index is -0.228. The van der Waals surface area contributed by atoms with E-state index in [0.29, 0.717) is 6.54 Å². The molecule has 0 spiro atoms. The SMILES string of the molecule is CC#CC(=O)NC(C)CCN. The highest BCUT2D eigenvalue weighted by Gasteiger charge is 2.01. The summed E-state index contributed by atoms with van der Waals surface area (Å²) >= 11 is 0. The number of carbonyl (C=O) groups excluding carboxylic acids is 1. The lowest BCUT2D eigenvalue weighted by atomic mass is 10.2. The third-order valence-electron chi connectivity index (χ3n) is 1.22. The van der Waals surface area contributed by atoms with Crippen LogP contribution in [0.3, 0.4) is 0 Å². The Hall–Kier alpha value is -1.01. The highest BCUT2D eigenvalue weighted by atomic mass is 16.1. The summed E-state index contributed by atoms with van der Waals surface area (Å²) in [4.78, 5) is 10.8. The largest absolute Gasteiger partial charge is 0.343 e. The molecule has 0 aromatic heterocycles. The molecule has 1 amide bonds. The van der Waals surface area contributed by atoms with Crippen molar-refractivity contribution in [1.82, 2.24) is 5.32 Å². The van der Waals surface area contributed by atoms with Crippen molar-refractivity contribution in [3.63, 3.8) is 0 Å². The minimum absolute atomic E-state index is 0.119. The van der Waals surface area contributed by atoms with Gasteiger partial charge in [0, 0.05) is 6.04 Å². The minimum Gasteiger partial charge on any atom is -0.343 e. The van der Waals surface area contributed by atoms with Gasteiger partial charge in [-0.3, -0.25) is 4.79 Å². The second-order valence-corrected chi connectivity index (χ2v) is 2.33. The van der Waals surface area contributed by atoms with E-state index in [-0.39, 0.29) is 11.9 Å². The highest BCUT2D eigenvalue weighted by Crippen LogP contribution is 1.85. The van der Waals surface area contributed by atoms with Crippen molar-refractivity contribution in [2.45, 2.75) is 26.3 Å². The van der Waals surface area contributed by atoms with Crippen LogP contribution in [0.4, 0.5) is 0 Å². The molecule has 62 valence electrons. The van der Waals surface area contributed by atoms with Gasteiger partial charge in [0.05, 0.1) is 0 Å². The van der Waals surface area contributed by atoms with Gasteiger partial charge in [-0.1, -0.05) is 5.92 Å². The molecule has 0 saturated carbocycles. The van der Waals surface area contributed by atoms with Crippen LogP contribution in [0.1, 0.15) is 20.3 Å². The lowest BCUT2D eigenvalue weighted by Crippen LogP contribution is -2.32. The summed E-state index contributed by atoms with van der Waals surface area (Å²) in [7, 11) is 0. The molecule has 0 aliphatic carbocycles. The number of rotatable bonds is 3. The molecule has 0 rings (SSSR count). The zero-order valence-corrected chi connectivity index (χ0v) is 6.98. The molecule has 0 aromatic carbocycles. The van der Waals surface area contributed by atoms with Gasteiger partial charge in [0.15, 0.2) is 0 Å². The molecular formula is C8H14N2O. The maximum Gasteiger partial charge on any atom is 0.296 e. The second-order valence-electron chi connectivity index (χ2n) is 2.33. The summed E-state index contributed by atoms with van der Waals surface area (Å²) in [5.41, 5.74) is 5.29. The third kappa shape index (κ3) is 5.43. The summed E-state index contributed by atoms with van der Waals surface area (Å²) in [5, 5.41) is 2.69. The zero-order chi connectivity index (χ0) is 8.69. The number of hydrogen-bond acceptors (Lipinski definition) is 2. The molecule has 3 heteroatoms. The molecule has 0 fully saturated rings. The average molecular weight is 154 g/mol. The molecule has 1 atom stereocenters. The van der Waals surface area contributed by atoms with Crippen LogP contribution >= 0.6 is 0 Å². The van der Waals surface area contributed by atoms with Crippen molar-refractivity contribution < 1.29 is 4.79 Å². The molecule has 11 heavy (non-hydrogen) atoms. The van der Waals surface area contributed by atoms with Gasteiger partial charge >= 0.3 is 0 Å². The topological polar surface area (TPSA) is 55.1 Å². The van der Waals surface area contributed by atoms with Gasteiger partial charge < -0.3 is 11.1 Å². The van der Waals surface area contributed by atoms with Gasteiger partial charge in [0.25, 0.3) is 5.91 Å². The molecule has 3 N–H and O–H groups in total. The Morgan fingerprint density at radius 1 is 1.73 bits per heavy atom. The molecule has 0 heterocycles. The second kappa shape index (κ2) is 5.75. The first-order valence-electron chi connectivity index (χ1n) is 3.64. The monoisotopic (exact) mass is 154 g/mol. The molecule has 0 aliphatic rings. The van der Waals surface area contributed by atoms with Crippen LogP contribution in [-0.2, 0) is 4.79 Å². The van der Waals surface area contributed by atoms with E-state index in [2.05, 4.69) is 17.2 Å². The quantitative estimate of drug-likeness (QED) is 0.556. The summed E-state index contributed by atoms with van der Waals surface area (Å²) < 4.78 is 0. The van der Waals surface area contributed by atoms with E-state index < -0.39 is 0 Å². The predicted octanol–water partition coefficient (Wildman–Crippen LogP) is -0.137. The average Bonchev–Trinajstić information content (AvgIpc) is 1.87. The standard InChI is InChI=1S/C8H14N2O/c1-3-4-8(11)10-7(2)5-6-9/h7H,5-6,9H2,1-2H3,(H,10,11). The molecule has 0 saturated heterocycles. The first-order valence-corrected chi connectivity index (χ1v) is 3.64. The van der Waals surface area contributed by atoms with E-state index in [1.54, 1.807) is 6.92 Å². The van der Waals surface area contributed by atoms with Crippen molar-refractivity contribution in [2.75, 3.05) is 6.54 Å². The van der Waals surface area contributed by atoms with Crippen molar-refractivity contribution in [1.29, 1.82) is 0 Å². The van der Waals surface area contributed by atoms with Crippen LogP contribution in [0.5, 0.6) is 0 Å². The van der Waals surface area contributed by atoms with Crippen LogP contribution in [0.25, 0.3) is 0 Å². The first kappa shape index (κ1) is 9.99. The van der Waals surface area contributed by atoms with E-state index in [1.807, 2.05) is 6.92 Å². The number of amides is 1. The highest BCUT2D eigenvalue weighted by molar-refractivity contribution is 5.93. The Bertz CT molecular complexity index is 178. The van der Waals surface area contributed by atoms with Gasteiger partial charge in [-0.05, 0) is 32.7 Å². The number of nitrogens with one attached hydrogen (secondary N) is 1. The number of hydrogen-bond donors (Lipinski definition) is 2. The van der Waals surface area contributed by atoms with E-state index >= 15 is 0 Å². The summed E-state index contributed by atoms with van der Waals surface area (Å²) in [6.07, 6.45) is 0.789. The molecule has 0 radical (unpaired) electrons. The lowest BCUT2D eigenvalue weighted by molar-refractivity contribution is -0.116. The fourth-order valence-corrected chi connectivity index (χ4v) is 0.696. The Balaban J connectivity index is 3.63. The van der Waals surface area contributed by atoms with Gasteiger partial charge in [-0.25, -0.2) is 0 Å².